The first-order valence-electron chi connectivity index (χ1n) is 6.24. The first-order valence-corrected chi connectivity index (χ1v) is 6.24. The van der Waals surface area contributed by atoms with Gasteiger partial charge in [-0.3, -0.25) is 4.90 Å². The van der Waals surface area contributed by atoms with Gasteiger partial charge in [0.15, 0.2) is 0 Å². The van der Waals surface area contributed by atoms with Crippen molar-refractivity contribution in [2.24, 2.45) is 11.7 Å². The molecular weight excluding hydrogens is 186 g/mol. The average molecular weight is 211 g/mol. The quantitative estimate of drug-likeness (QED) is 0.747. The van der Waals surface area contributed by atoms with Crippen molar-refractivity contribution in [3.8, 4) is 0 Å². The van der Waals surface area contributed by atoms with Crippen LogP contribution in [0.4, 0.5) is 0 Å². The molecule has 1 aliphatic carbocycles. The lowest BCUT2D eigenvalue weighted by Crippen LogP contribution is -2.53. The second kappa shape index (κ2) is 4.04. The van der Waals surface area contributed by atoms with Gasteiger partial charge in [0.2, 0.25) is 0 Å². The molecule has 3 nitrogen and oxygen atoms in total. The zero-order valence-electron chi connectivity index (χ0n) is 10.5. The molecule has 1 heterocycles. The van der Waals surface area contributed by atoms with Gasteiger partial charge in [-0.1, -0.05) is 6.92 Å². The first kappa shape index (κ1) is 11.4. The Morgan fingerprint density at radius 3 is 2.60 bits per heavy atom. The highest BCUT2D eigenvalue weighted by molar-refractivity contribution is 5.10. The van der Waals surface area contributed by atoms with Crippen LogP contribution in [0, 0.1) is 5.92 Å². The lowest BCUT2D eigenvalue weighted by Gasteiger charge is -2.40. The van der Waals surface area contributed by atoms with E-state index in [0.717, 1.165) is 5.92 Å². The van der Waals surface area contributed by atoms with Crippen LogP contribution in [0.1, 0.15) is 26.7 Å². The molecule has 1 unspecified atom stereocenters. The summed E-state index contributed by atoms with van der Waals surface area (Å²) < 4.78 is 0. The number of nitrogens with zero attached hydrogens (tertiary/aromatic N) is 2. The summed E-state index contributed by atoms with van der Waals surface area (Å²) in [7, 11) is 4.37. The predicted molar refractivity (Wildman–Crippen MR) is 63.8 cm³/mol. The first-order chi connectivity index (χ1) is 7.06. The lowest BCUT2D eigenvalue weighted by molar-refractivity contribution is 0.0840. The third-order valence-corrected chi connectivity index (χ3v) is 4.53. The highest BCUT2D eigenvalue weighted by atomic mass is 15.3. The van der Waals surface area contributed by atoms with Gasteiger partial charge in [-0.05, 0) is 39.8 Å². The van der Waals surface area contributed by atoms with Crippen molar-refractivity contribution in [3.05, 3.63) is 0 Å². The topological polar surface area (TPSA) is 32.5 Å². The van der Waals surface area contributed by atoms with E-state index in [9.17, 15) is 0 Å². The molecule has 2 N–H and O–H groups in total. The van der Waals surface area contributed by atoms with Crippen LogP contribution < -0.4 is 5.73 Å². The number of rotatable bonds is 3. The Kier molecular flexibility index (Phi) is 3.06. The summed E-state index contributed by atoms with van der Waals surface area (Å²) in [6.07, 6.45) is 2.53. The maximum atomic E-state index is 6.33. The van der Waals surface area contributed by atoms with Gasteiger partial charge < -0.3 is 10.6 Å². The maximum Gasteiger partial charge on any atom is 0.0408 e. The fourth-order valence-corrected chi connectivity index (χ4v) is 3.40. The highest BCUT2D eigenvalue weighted by Crippen LogP contribution is 2.40. The number of nitrogens with two attached hydrogens (primary N) is 1. The molecule has 2 rings (SSSR count). The fourth-order valence-electron chi connectivity index (χ4n) is 3.40. The van der Waals surface area contributed by atoms with E-state index >= 15 is 0 Å². The second-order valence-electron chi connectivity index (χ2n) is 5.55. The largest absolute Gasteiger partial charge is 0.326 e. The molecule has 0 amide bonds. The number of hydrogen-bond acceptors (Lipinski definition) is 3. The number of likely N-dealkylation sites (tertiary alicyclic amines) is 1. The van der Waals surface area contributed by atoms with Crippen LogP contribution in [0.3, 0.4) is 0 Å². The Morgan fingerprint density at radius 1 is 1.47 bits per heavy atom. The van der Waals surface area contributed by atoms with Crippen LogP contribution >= 0.6 is 0 Å². The van der Waals surface area contributed by atoms with Crippen molar-refractivity contribution in [2.45, 2.75) is 50.9 Å². The molecule has 0 aromatic rings. The molecule has 5 atom stereocenters. The molecule has 0 aromatic carbocycles. The minimum absolute atomic E-state index is 0.409. The molecule has 0 spiro atoms. The summed E-state index contributed by atoms with van der Waals surface area (Å²) in [5, 5.41) is 0. The second-order valence-corrected chi connectivity index (χ2v) is 5.55. The van der Waals surface area contributed by atoms with Crippen molar-refractivity contribution in [2.75, 3.05) is 20.6 Å². The summed E-state index contributed by atoms with van der Waals surface area (Å²) in [6.45, 7) is 5.83. The smallest absolute Gasteiger partial charge is 0.0408 e. The molecule has 0 aromatic heterocycles. The molecule has 1 saturated carbocycles. The number of fused-ring (bicyclic) bond motifs is 2. The molecule has 0 radical (unpaired) electrons. The van der Waals surface area contributed by atoms with E-state index in [0.29, 0.717) is 24.2 Å². The molecule has 1 saturated heterocycles. The minimum atomic E-state index is 0.409. The van der Waals surface area contributed by atoms with E-state index in [1.165, 1.54) is 19.4 Å². The van der Waals surface area contributed by atoms with Gasteiger partial charge in [-0.25, -0.2) is 0 Å². The van der Waals surface area contributed by atoms with E-state index in [4.69, 9.17) is 5.73 Å². The van der Waals surface area contributed by atoms with Crippen LogP contribution in [0.25, 0.3) is 0 Å². The minimum Gasteiger partial charge on any atom is -0.326 e. The van der Waals surface area contributed by atoms with Crippen LogP contribution in [0.5, 0.6) is 0 Å². The molecule has 15 heavy (non-hydrogen) atoms. The van der Waals surface area contributed by atoms with E-state index in [1.807, 2.05) is 0 Å². The van der Waals surface area contributed by atoms with Gasteiger partial charge in [0.1, 0.15) is 0 Å². The van der Waals surface area contributed by atoms with Crippen molar-refractivity contribution in [3.63, 3.8) is 0 Å². The lowest BCUT2D eigenvalue weighted by atomic mass is 10.0. The summed E-state index contributed by atoms with van der Waals surface area (Å²) in [5.41, 5.74) is 6.33. The summed E-state index contributed by atoms with van der Waals surface area (Å²) in [4.78, 5) is 5.00. The standard InChI is InChI=1S/C12H25N3/c1-5-8(2)15-7-9-6-10(14(3)4)12(15)11(9)13/h8-12H,5-7,13H2,1-4H3/t8?,9-,10+,11-,12-/m1/s1. The van der Waals surface area contributed by atoms with Crippen LogP contribution in [-0.2, 0) is 0 Å². The van der Waals surface area contributed by atoms with Crippen LogP contribution in [0.15, 0.2) is 0 Å². The third kappa shape index (κ3) is 1.71. The van der Waals surface area contributed by atoms with Crippen LogP contribution in [-0.4, -0.2) is 54.6 Å². The van der Waals surface area contributed by atoms with Gasteiger partial charge in [0.05, 0.1) is 0 Å². The Hall–Kier alpha value is -0.120. The number of piperidine rings is 1. The van der Waals surface area contributed by atoms with Crippen molar-refractivity contribution >= 4 is 0 Å². The highest BCUT2D eigenvalue weighted by Gasteiger charge is 2.52. The summed E-state index contributed by atoms with van der Waals surface area (Å²) in [5.74, 6) is 0.733. The Labute approximate surface area is 93.6 Å². The van der Waals surface area contributed by atoms with Gasteiger partial charge in [0.25, 0.3) is 0 Å². The molecule has 2 fully saturated rings. The van der Waals surface area contributed by atoms with E-state index in [-0.39, 0.29) is 0 Å². The van der Waals surface area contributed by atoms with E-state index < -0.39 is 0 Å². The number of likely N-dealkylation sites (N-methyl/N-ethyl adjacent to an activating group) is 1. The molecule has 1 aliphatic heterocycles. The summed E-state index contributed by atoms with van der Waals surface area (Å²) in [6, 6.07) is 2.37. The molecular formula is C12H25N3. The monoisotopic (exact) mass is 211 g/mol. The molecule has 3 heteroatoms. The molecule has 2 bridgehead atoms. The van der Waals surface area contributed by atoms with Crippen molar-refractivity contribution in [1.29, 1.82) is 0 Å². The zero-order valence-corrected chi connectivity index (χ0v) is 10.5. The van der Waals surface area contributed by atoms with Gasteiger partial charge in [0, 0.05) is 30.7 Å². The zero-order chi connectivity index (χ0) is 11.2. The number of hydrogen-bond donors (Lipinski definition) is 1. The molecule has 2 aliphatic rings. The molecule has 88 valence electrons. The van der Waals surface area contributed by atoms with E-state index in [1.54, 1.807) is 0 Å². The predicted octanol–water partition coefficient (Wildman–Crippen LogP) is 0.747. The maximum absolute atomic E-state index is 6.33. The Morgan fingerprint density at radius 2 is 2.13 bits per heavy atom. The van der Waals surface area contributed by atoms with Gasteiger partial charge in [-0.15, -0.1) is 0 Å². The Balaban J connectivity index is 2.12. The SMILES string of the molecule is CCC(C)N1C[C@H]2C[C@H](N(C)C)[C@@H]1[C@@H]2N. The van der Waals surface area contributed by atoms with E-state index in [2.05, 4.69) is 37.7 Å². The van der Waals surface area contributed by atoms with Gasteiger partial charge in [-0.2, -0.15) is 0 Å². The third-order valence-electron chi connectivity index (χ3n) is 4.53. The van der Waals surface area contributed by atoms with Gasteiger partial charge >= 0.3 is 0 Å². The summed E-state index contributed by atoms with van der Waals surface area (Å²) >= 11 is 0. The van der Waals surface area contributed by atoms with Crippen LogP contribution in [0.2, 0.25) is 0 Å². The Bertz CT molecular complexity index is 229. The average Bonchev–Trinajstić information content (AvgIpc) is 2.70. The fraction of sp³-hybridized carbons (Fsp3) is 1.00. The van der Waals surface area contributed by atoms with Crippen molar-refractivity contribution in [1.82, 2.24) is 9.80 Å². The van der Waals surface area contributed by atoms with Crippen molar-refractivity contribution < 1.29 is 0 Å². The normalized spacial score (nSPS) is 42.8.